The van der Waals surface area contributed by atoms with Gasteiger partial charge in [-0.1, -0.05) is 0 Å². The summed E-state index contributed by atoms with van der Waals surface area (Å²) in [6.07, 6.45) is 1.57. The van der Waals surface area contributed by atoms with E-state index in [9.17, 15) is 20.2 Å². The average Bonchev–Trinajstić information content (AvgIpc) is 2.97. The number of nitrogens with one attached hydrogen (secondary N) is 1. The molecule has 0 atom stereocenters. The van der Waals surface area contributed by atoms with E-state index in [-0.39, 0.29) is 11.4 Å². The maximum absolute atomic E-state index is 11.2. The Morgan fingerprint density at radius 1 is 1.03 bits per heavy atom. The summed E-state index contributed by atoms with van der Waals surface area (Å²) in [6, 6.07) is 11.6. The maximum atomic E-state index is 11.2. The second-order valence-corrected chi connectivity index (χ2v) is 7.84. The van der Waals surface area contributed by atoms with E-state index in [1.807, 2.05) is 26.0 Å². The van der Waals surface area contributed by atoms with E-state index in [0.29, 0.717) is 0 Å². The Hall–Kier alpha value is -3.28. The van der Waals surface area contributed by atoms with Crippen LogP contribution in [0.4, 0.5) is 17.1 Å². The lowest BCUT2D eigenvalue weighted by Crippen LogP contribution is -2.01. The normalized spacial score (nSPS) is 11.1. The number of nitro groups is 2. The third-order valence-electron chi connectivity index (χ3n) is 4.65. The van der Waals surface area contributed by atoms with Gasteiger partial charge in [0.15, 0.2) is 0 Å². The topological polar surface area (TPSA) is 116 Å². The molecule has 30 heavy (non-hydrogen) atoms. The number of aryl methyl sites for hydroxylation is 2. The number of hydrazone groups is 1. The zero-order valence-electron chi connectivity index (χ0n) is 16.4. The van der Waals surface area contributed by atoms with Gasteiger partial charge in [-0.05, 0) is 79.3 Å². The summed E-state index contributed by atoms with van der Waals surface area (Å²) in [4.78, 5) is 20.7. The number of benzene rings is 2. The van der Waals surface area contributed by atoms with E-state index in [1.54, 1.807) is 6.21 Å². The number of hydrogen-bond acceptors (Lipinski definition) is 6. The summed E-state index contributed by atoms with van der Waals surface area (Å²) in [7, 11) is 0. The molecular weight excluding hydrogens is 501 g/mol. The molecular formula is C20H18IN5O4. The van der Waals surface area contributed by atoms with Crippen LogP contribution in [0.3, 0.4) is 0 Å². The number of hydrogen-bond donors (Lipinski definition) is 1. The number of nitrogens with zero attached hydrogens (tertiary/aromatic N) is 4. The first kappa shape index (κ1) is 21.4. The molecule has 0 aliphatic carbocycles. The van der Waals surface area contributed by atoms with Gasteiger partial charge < -0.3 is 4.57 Å². The summed E-state index contributed by atoms with van der Waals surface area (Å²) in [5.74, 6) is 0. The van der Waals surface area contributed by atoms with Crippen LogP contribution in [0.2, 0.25) is 0 Å². The van der Waals surface area contributed by atoms with Crippen LogP contribution < -0.4 is 5.43 Å². The highest BCUT2D eigenvalue weighted by Crippen LogP contribution is 2.29. The van der Waals surface area contributed by atoms with Crippen LogP contribution in [-0.4, -0.2) is 20.6 Å². The Balaban J connectivity index is 1.88. The highest BCUT2D eigenvalue weighted by molar-refractivity contribution is 14.1. The van der Waals surface area contributed by atoms with Crippen molar-refractivity contribution in [3.8, 4) is 5.69 Å². The molecule has 0 radical (unpaired) electrons. The fraction of sp³-hybridized carbons (Fsp3) is 0.150. The second kappa shape index (κ2) is 8.61. The molecule has 0 saturated carbocycles. The molecule has 0 spiro atoms. The van der Waals surface area contributed by atoms with E-state index in [2.05, 4.69) is 56.7 Å². The summed E-state index contributed by atoms with van der Waals surface area (Å²) in [5, 5.41) is 26.2. The lowest BCUT2D eigenvalue weighted by atomic mass is 10.2. The van der Waals surface area contributed by atoms with Crippen molar-refractivity contribution < 1.29 is 9.85 Å². The quantitative estimate of drug-likeness (QED) is 0.206. The third-order valence-corrected chi connectivity index (χ3v) is 5.86. The first-order valence-electron chi connectivity index (χ1n) is 8.86. The third kappa shape index (κ3) is 4.32. The fourth-order valence-electron chi connectivity index (χ4n) is 3.13. The first-order valence-corrected chi connectivity index (χ1v) is 9.94. The van der Waals surface area contributed by atoms with Gasteiger partial charge in [0.25, 0.3) is 5.69 Å². The molecule has 2 aromatic carbocycles. The van der Waals surface area contributed by atoms with E-state index in [1.165, 1.54) is 21.3 Å². The summed E-state index contributed by atoms with van der Waals surface area (Å²) < 4.78 is 3.30. The van der Waals surface area contributed by atoms with Crippen molar-refractivity contribution >= 4 is 45.9 Å². The molecule has 1 N–H and O–H groups in total. The van der Waals surface area contributed by atoms with E-state index in [4.69, 9.17) is 0 Å². The highest BCUT2D eigenvalue weighted by atomic mass is 127. The number of rotatable bonds is 6. The van der Waals surface area contributed by atoms with Gasteiger partial charge in [0.05, 0.1) is 22.1 Å². The van der Waals surface area contributed by atoms with Gasteiger partial charge in [-0.25, -0.2) is 0 Å². The van der Waals surface area contributed by atoms with Crippen LogP contribution in [0.15, 0.2) is 47.6 Å². The van der Waals surface area contributed by atoms with Gasteiger partial charge in [-0.15, -0.1) is 0 Å². The van der Waals surface area contributed by atoms with Crippen LogP contribution in [0.25, 0.3) is 5.69 Å². The Bertz CT molecular complexity index is 1190. The van der Waals surface area contributed by atoms with Crippen molar-refractivity contribution in [2.45, 2.75) is 20.8 Å². The first-order chi connectivity index (χ1) is 14.2. The van der Waals surface area contributed by atoms with E-state index in [0.717, 1.165) is 28.7 Å². The number of aromatic nitrogens is 1. The number of non-ortho nitro benzene ring substituents is 1. The van der Waals surface area contributed by atoms with E-state index >= 15 is 0 Å². The number of nitro benzene ring substituents is 2. The van der Waals surface area contributed by atoms with Crippen LogP contribution in [0.1, 0.15) is 22.5 Å². The van der Waals surface area contributed by atoms with Crippen molar-refractivity contribution in [2.75, 3.05) is 5.43 Å². The smallest absolute Gasteiger partial charge is 0.301 e. The van der Waals surface area contributed by atoms with Crippen molar-refractivity contribution in [1.82, 2.24) is 4.57 Å². The zero-order valence-corrected chi connectivity index (χ0v) is 18.6. The lowest BCUT2D eigenvalue weighted by Gasteiger charge is -2.11. The predicted octanol–water partition coefficient (Wildman–Crippen LogP) is 5.27. The summed E-state index contributed by atoms with van der Waals surface area (Å²) in [6.45, 7) is 6.02. The standard InChI is InChI=1S/C20H18IN5O4/c1-12-8-16(4-6-18(12)21)24-13(2)9-15(14(24)3)11-22-23-19-7-5-17(25(27)28)10-20(19)26(29)30/h4-11,23H,1-3H3. The van der Waals surface area contributed by atoms with Gasteiger partial charge in [-0.3, -0.25) is 25.7 Å². The van der Waals surface area contributed by atoms with E-state index < -0.39 is 15.5 Å². The highest BCUT2D eigenvalue weighted by Gasteiger charge is 2.19. The van der Waals surface area contributed by atoms with Gasteiger partial charge in [0, 0.05) is 32.3 Å². The Morgan fingerprint density at radius 2 is 1.77 bits per heavy atom. The molecule has 0 amide bonds. The molecule has 3 aromatic rings. The maximum Gasteiger partial charge on any atom is 0.301 e. The molecule has 3 rings (SSSR count). The van der Waals surface area contributed by atoms with Gasteiger partial charge in [-0.2, -0.15) is 5.10 Å². The average molecular weight is 519 g/mol. The molecule has 1 heterocycles. The molecule has 0 aliphatic rings. The van der Waals surface area contributed by atoms with Crippen LogP contribution in [0.5, 0.6) is 0 Å². The van der Waals surface area contributed by atoms with Gasteiger partial charge in [0.2, 0.25) is 0 Å². The molecule has 0 fully saturated rings. The Labute approximate surface area is 185 Å². The minimum atomic E-state index is -0.685. The Morgan fingerprint density at radius 3 is 2.40 bits per heavy atom. The second-order valence-electron chi connectivity index (χ2n) is 6.68. The molecule has 154 valence electrons. The van der Waals surface area contributed by atoms with Gasteiger partial charge >= 0.3 is 5.69 Å². The summed E-state index contributed by atoms with van der Waals surface area (Å²) >= 11 is 2.30. The predicted molar refractivity (Wildman–Crippen MR) is 124 cm³/mol. The molecule has 0 saturated heterocycles. The van der Waals surface area contributed by atoms with Crippen molar-refractivity contribution in [3.05, 3.63) is 88.8 Å². The molecule has 0 bridgehead atoms. The van der Waals surface area contributed by atoms with Gasteiger partial charge in [0.1, 0.15) is 5.69 Å². The largest absolute Gasteiger partial charge is 0.318 e. The molecule has 9 nitrogen and oxygen atoms in total. The van der Waals surface area contributed by atoms with Crippen LogP contribution in [0, 0.1) is 44.6 Å². The monoisotopic (exact) mass is 519 g/mol. The zero-order chi connectivity index (χ0) is 22.0. The SMILES string of the molecule is Cc1cc(-n2c(C)cc(C=NNc3ccc([N+](=O)[O-])cc3[N+](=O)[O-])c2C)ccc1I. The lowest BCUT2D eigenvalue weighted by molar-refractivity contribution is -0.393. The van der Waals surface area contributed by atoms with Crippen LogP contribution >= 0.6 is 22.6 Å². The van der Waals surface area contributed by atoms with Crippen LogP contribution in [-0.2, 0) is 0 Å². The summed E-state index contributed by atoms with van der Waals surface area (Å²) in [5.41, 5.74) is 6.99. The Kier molecular flexibility index (Phi) is 6.15. The molecule has 0 unspecified atom stereocenters. The molecule has 1 aromatic heterocycles. The number of anilines is 1. The van der Waals surface area contributed by atoms with Crippen molar-refractivity contribution in [2.24, 2.45) is 5.10 Å². The molecule has 0 aliphatic heterocycles. The van der Waals surface area contributed by atoms with Crippen molar-refractivity contribution in [3.63, 3.8) is 0 Å². The minimum Gasteiger partial charge on any atom is -0.318 e. The number of halogens is 1. The molecule has 10 heteroatoms. The fourth-order valence-corrected chi connectivity index (χ4v) is 3.47. The van der Waals surface area contributed by atoms with Crippen molar-refractivity contribution in [1.29, 1.82) is 0 Å². The minimum absolute atomic E-state index is 0.0731.